The van der Waals surface area contributed by atoms with Gasteiger partial charge in [-0.3, -0.25) is 4.79 Å². The maximum absolute atomic E-state index is 13.3. The second kappa shape index (κ2) is 5.97. The third-order valence-corrected chi connectivity index (χ3v) is 3.28. The Balaban J connectivity index is 2.29. The normalized spacial score (nSPS) is 19.3. The second-order valence-electron chi connectivity index (χ2n) is 4.44. The van der Waals surface area contributed by atoms with Crippen LogP contribution in [0.25, 0.3) is 0 Å². The Hall–Kier alpha value is -1.69. The van der Waals surface area contributed by atoms with E-state index < -0.39 is 5.82 Å². The number of anilines is 1. The average molecular weight is 267 g/mol. The summed E-state index contributed by atoms with van der Waals surface area (Å²) in [7, 11) is 1.66. The molecule has 0 aromatic carbocycles. The lowest BCUT2D eigenvalue weighted by molar-refractivity contribution is -0.00278. The molecule has 1 aromatic heterocycles. The molecule has 2 rings (SSSR count). The molecule has 0 saturated carbocycles. The van der Waals surface area contributed by atoms with Gasteiger partial charge in [0.05, 0.1) is 31.0 Å². The Morgan fingerprint density at radius 2 is 2.47 bits per heavy atom. The summed E-state index contributed by atoms with van der Waals surface area (Å²) in [5, 5.41) is 2.82. The van der Waals surface area contributed by atoms with Crippen LogP contribution in [-0.4, -0.2) is 48.6 Å². The third kappa shape index (κ3) is 2.84. The molecule has 1 atom stereocenters. The van der Waals surface area contributed by atoms with Gasteiger partial charge in [-0.15, -0.1) is 0 Å². The molecule has 0 radical (unpaired) electrons. The third-order valence-electron chi connectivity index (χ3n) is 3.28. The minimum atomic E-state index is -0.511. The molecule has 1 aliphatic heterocycles. The molecule has 1 aliphatic rings. The average Bonchev–Trinajstić information content (AvgIpc) is 2.46. The molecule has 1 amide bonds. The molecule has 1 aromatic rings. The number of nitrogens with zero attached hydrogens (tertiary/aromatic N) is 2. The van der Waals surface area contributed by atoms with Crippen LogP contribution in [0.4, 0.5) is 10.2 Å². The predicted octanol–water partition coefficient (Wildman–Crippen LogP) is 1.51. The molecule has 1 fully saturated rings. The van der Waals surface area contributed by atoms with Crippen LogP contribution in [0.1, 0.15) is 23.7 Å². The summed E-state index contributed by atoms with van der Waals surface area (Å²) in [6.45, 7) is 3.57. The molecule has 5 nitrogen and oxygen atoms in total. The second-order valence-corrected chi connectivity index (χ2v) is 4.44. The molecule has 1 unspecified atom stereocenters. The van der Waals surface area contributed by atoms with Gasteiger partial charge in [-0.1, -0.05) is 6.92 Å². The van der Waals surface area contributed by atoms with Gasteiger partial charge in [0.15, 0.2) is 0 Å². The molecular weight excluding hydrogens is 249 g/mol. The SMILES string of the molecule is CCC1COCCN1C(=O)c1cc(F)cnc1NC. The summed E-state index contributed by atoms with van der Waals surface area (Å²) in [6.07, 6.45) is 1.91. The van der Waals surface area contributed by atoms with Crippen molar-refractivity contribution in [2.75, 3.05) is 32.1 Å². The number of carbonyl (C=O) groups is 1. The van der Waals surface area contributed by atoms with Gasteiger partial charge in [-0.2, -0.15) is 0 Å². The zero-order chi connectivity index (χ0) is 13.8. The first kappa shape index (κ1) is 13.7. The molecule has 6 heteroatoms. The lowest BCUT2D eigenvalue weighted by Gasteiger charge is -2.35. The quantitative estimate of drug-likeness (QED) is 0.902. The number of aromatic nitrogens is 1. The van der Waals surface area contributed by atoms with Crippen LogP contribution in [0.3, 0.4) is 0 Å². The van der Waals surface area contributed by atoms with Gasteiger partial charge < -0.3 is 15.0 Å². The number of hydrogen-bond donors (Lipinski definition) is 1. The molecule has 1 saturated heterocycles. The van der Waals surface area contributed by atoms with Crippen molar-refractivity contribution < 1.29 is 13.9 Å². The summed E-state index contributed by atoms with van der Waals surface area (Å²) < 4.78 is 18.7. The van der Waals surface area contributed by atoms with Crippen LogP contribution in [0.5, 0.6) is 0 Å². The molecule has 104 valence electrons. The Morgan fingerprint density at radius 3 is 3.16 bits per heavy atom. The Morgan fingerprint density at radius 1 is 1.68 bits per heavy atom. The Labute approximate surface area is 111 Å². The van der Waals surface area contributed by atoms with E-state index >= 15 is 0 Å². The lowest BCUT2D eigenvalue weighted by atomic mass is 10.1. The van der Waals surface area contributed by atoms with Crippen LogP contribution >= 0.6 is 0 Å². The number of nitrogens with one attached hydrogen (secondary N) is 1. The Bertz CT molecular complexity index is 467. The van der Waals surface area contributed by atoms with E-state index in [0.29, 0.717) is 25.6 Å². The number of morpholine rings is 1. The zero-order valence-corrected chi connectivity index (χ0v) is 11.1. The first-order valence-electron chi connectivity index (χ1n) is 6.39. The highest BCUT2D eigenvalue weighted by Gasteiger charge is 2.28. The van der Waals surface area contributed by atoms with Crippen molar-refractivity contribution in [3.63, 3.8) is 0 Å². The predicted molar refractivity (Wildman–Crippen MR) is 69.7 cm³/mol. The van der Waals surface area contributed by atoms with E-state index in [-0.39, 0.29) is 17.5 Å². The van der Waals surface area contributed by atoms with Crippen LogP contribution < -0.4 is 5.32 Å². The van der Waals surface area contributed by atoms with Gasteiger partial charge in [0, 0.05) is 13.6 Å². The highest BCUT2D eigenvalue weighted by atomic mass is 19.1. The standard InChI is InChI=1S/C13H18FN3O2/c1-3-10-8-19-5-4-17(10)13(18)11-6-9(14)7-16-12(11)15-2/h6-7,10H,3-5,8H2,1-2H3,(H,15,16). The maximum Gasteiger partial charge on any atom is 0.258 e. The highest BCUT2D eigenvalue weighted by molar-refractivity contribution is 5.99. The summed E-state index contributed by atoms with van der Waals surface area (Å²) >= 11 is 0. The van der Waals surface area contributed by atoms with Crippen molar-refractivity contribution in [1.82, 2.24) is 9.88 Å². The molecule has 0 bridgehead atoms. The van der Waals surface area contributed by atoms with E-state index in [1.165, 1.54) is 6.07 Å². The molecule has 1 N–H and O–H groups in total. The minimum absolute atomic E-state index is 0.0363. The van der Waals surface area contributed by atoms with Crippen molar-refractivity contribution >= 4 is 11.7 Å². The van der Waals surface area contributed by atoms with E-state index in [2.05, 4.69) is 10.3 Å². The van der Waals surface area contributed by atoms with Gasteiger partial charge in [0.2, 0.25) is 0 Å². The van der Waals surface area contributed by atoms with Crippen molar-refractivity contribution in [2.24, 2.45) is 0 Å². The maximum atomic E-state index is 13.3. The van der Waals surface area contributed by atoms with Gasteiger partial charge in [0.1, 0.15) is 11.6 Å². The molecule has 0 spiro atoms. The number of ether oxygens (including phenoxy) is 1. The highest BCUT2D eigenvalue weighted by Crippen LogP contribution is 2.19. The number of amides is 1. The van der Waals surface area contributed by atoms with Gasteiger partial charge in [0.25, 0.3) is 5.91 Å². The zero-order valence-electron chi connectivity index (χ0n) is 11.1. The van der Waals surface area contributed by atoms with E-state index in [9.17, 15) is 9.18 Å². The number of pyridine rings is 1. The fourth-order valence-corrected chi connectivity index (χ4v) is 2.22. The van der Waals surface area contributed by atoms with Gasteiger partial charge in [-0.05, 0) is 12.5 Å². The van der Waals surface area contributed by atoms with Crippen LogP contribution in [0.2, 0.25) is 0 Å². The number of rotatable bonds is 3. The molecule has 2 heterocycles. The van der Waals surface area contributed by atoms with E-state index in [0.717, 1.165) is 12.6 Å². The number of halogens is 1. The monoisotopic (exact) mass is 267 g/mol. The molecular formula is C13H18FN3O2. The van der Waals surface area contributed by atoms with E-state index in [1.807, 2.05) is 6.92 Å². The summed E-state index contributed by atoms with van der Waals surface area (Å²) in [5.74, 6) is -0.317. The Kier molecular flexibility index (Phi) is 4.31. The first-order chi connectivity index (χ1) is 9.17. The number of carbonyl (C=O) groups excluding carboxylic acids is 1. The number of hydrogen-bond acceptors (Lipinski definition) is 4. The summed E-state index contributed by atoms with van der Waals surface area (Å²) in [6, 6.07) is 1.26. The van der Waals surface area contributed by atoms with Gasteiger partial charge >= 0.3 is 0 Å². The topological polar surface area (TPSA) is 54.5 Å². The van der Waals surface area contributed by atoms with Crippen molar-refractivity contribution in [3.05, 3.63) is 23.6 Å². The summed E-state index contributed by atoms with van der Waals surface area (Å²) in [5.41, 5.74) is 0.267. The van der Waals surface area contributed by atoms with Gasteiger partial charge in [-0.25, -0.2) is 9.37 Å². The fraction of sp³-hybridized carbons (Fsp3) is 0.538. The van der Waals surface area contributed by atoms with Crippen molar-refractivity contribution in [1.29, 1.82) is 0 Å². The fourth-order valence-electron chi connectivity index (χ4n) is 2.22. The molecule has 0 aliphatic carbocycles. The first-order valence-corrected chi connectivity index (χ1v) is 6.39. The van der Waals surface area contributed by atoms with Crippen molar-refractivity contribution in [3.8, 4) is 0 Å². The van der Waals surface area contributed by atoms with E-state index in [4.69, 9.17) is 4.74 Å². The van der Waals surface area contributed by atoms with Crippen LogP contribution in [0, 0.1) is 5.82 Å². The molecule has 19 heavy (non-hydrogen) atoms. The minimum Gasteiger partial charge on any atom is -0.377 e. The smallest absolute Gasteiger partial charge is 0.258 e. The van der Waals surface area contributed by atoms with Crippen LogP contribution in [0.15, 0.2) is 12.3 Å². The summed E-state index contributed by atoms with van der Waals surface area (Å²) in [4.78, 5) is 18.2. The largest absolute Gasteiger partial charge is 0.377 e. The van der Waals surface area contributed by atoms with Crippen LogP contribution in [-0.2, 0) is 4.74 Å². The lowest BCUT2D eigenvalue weighted by Crippen LogP contribution is -2.48. The van der Waals surface area contributed by atoms with E-state index in [1.54, 1.807) is 11.9 Å². The van der Waals surface area contributed by atoms with Crippen molar-refractivity contribution in [2.45, 2.75) is 19.4 Å².